The number of para-hydroxylation sites is 1. The summed E-state index contributed by atoms with van der Waals surface area (Å²) in [6.07, 6.45) is 4.13. The second-order valence-electron chi connectivity index (χ2n) is 4.69. The fourth-order valence-electron chi connectivity index (χ4n) is 2.26. The van der Waals surface area contributed by atoms with E-state index in [9.17, 15) is 0 Å². The average molecular weight is 243 g/mol. The van der Waals surface area contributed by atoms with E-state index in [1.54, 1.807) is 0 Å². The highest BCUT2D eigenvalue weighted by molar-refractivity contribution is 5.82. The molecule has 0 fully saturated rings. The molecule has 1 aromatic carbocycles. The second-order valence-corrected chi connectivity index (χ2v) is 4.69. The van der Waals surface area contributed by atoms with Crippen molar-refractivity contribution in [1.82, 2.24) is 5.32 Å². The van der Waals surface area contributed by atoms with E-state index < -0.39 is 0 Å². The fraction of sp³-hybridized carbons (Fsp3) is 0.375. The zero-order valence-corrected chi connectivity index (χ0v) is 11.2. The topological polar surface area (TPSA) is 25.2 Å². The van der Waals surface area contributed by atoms with E-state index in [1.807, 2.05) is 18.2 Å². The van der Waals surface area contributed by atoms with Crippen LogP contribution in [0.4, 0.5) is 0 Å². The molecule has 0 aliphatic heterocycles. The molecule has 96 valence electrons. The lowest BCUT2D eigenvalue weighted by Crippen LogP contribution is -2.19. The van der Waals surface area contributed by atoms with Gasteiger partial charge in [-0.2, -0.15) is 0 Å². The highest BCUT2D eigenvalue weighted by atomic mass is 16.3. The van der Waals surface area contributed by atoms with Crippen LogP contribution in [0.25, 0.3) is 11.0 Å². The number of furan rings is 1. The first-order valence-electron chi connectivity index (χ1n) is 6.56. The van der Waals surface area contributed by atoms with Crippen molar-refractivity contribution in [3.63, 3.8) is 0 Å². The number of hydrogen-bond donors (Lipinski definition) is 1. The average Bonchev–Trinajstić information content (AvgIpc) is 2.73. The van der Waals surface area contributed by atoms with Gasteiger partial charge in [-0.05, 0) is 44.9 Å². The SMILES string of the molecule is C=CCCCNC(C)c1oc2ccccc2c1C. The van der Waals surface area contributed by atoms with Crippen LogP contribution in [0.1, 0.15) is 37.1 Å². The fourth-order valence-corrected chi connectivity index (χ4v) is 2.26. The van der Waals surface area contributed by atoms with Gasteiger partial charge >= 0.3 is 0 Å². The van der Waals surface area contributed by atoms with Crippen LogP contribution in [0.3, 0.4) is 0 Å². The Hall–Kier alpha value is -1.54. The standard InChI is InChI=1S/C16H21NO/c1-4-5-8-11-17-13(3)16-12(2)14-9-6-7-10-15(14)18-16/h4,6-7,9-10,13,17H,1,5,8,11H2,2-3H3. The Morgan fingerprint density at radius 1 is 1.39 bits per heavy atom. The van der Waals surface area contributed by atoms with Gasteiger partial charge in [0, 0.05) is 5.39 Å². The van der Waals surface area contributed by atoms with Crippen LogP contribution in [0.5, 0.6) is 0 Å². The molecule has 0 amide bonds. The van der Waals surface area contributed by atoms with E-state index in [2.05, 4.69) is 37.9 Å². The number of rotatable bonds is 6. The van der Waals surface area contributed by atoms with Crippen molar-refractivity contribution < 1.29 is 4.42 Å². The van der Waals surface area contributed by atoms with Crippen molar-refractivity contribution in [2.45, 2.75) is 32.7 Å². The highest BCUT2D eigenvalue weighted by Crippen LogP contribution is 2.28. The predicted molar refractivity (Wildman–Crippen MR) is 76.8 cm³/mol. The molecule has 0 saturated carbocycles. The minimum atomic E-state index is 0.252. The molecule has 0 aliphatic carbocycles. The monoisotopic (exact) mass is 243 g/mol. The molecule has 0 aliphatic rings. The first-order valence-corrected chi connectivity index (χ1v) is 6.56. The van der Waals surface area contributed by atoms with Crippen LogP contribution in [-0.4, -0.2) is 6.54 Å². The maximum Gasteiger partial charge on any atom is 0.134 e. The molecule has 1 aromatic heterocycles. The maximum absolute atomic E-state index is 5.93. The number of hydrogen-bond acceptors (Lipinski definition) is 2. The first kappa shape index (κ1) is 12.9. The van der Waals surface area contributed by atoms with Gasteiger partial charge in [-0.3, -0.25) is 0 Å². The summed E-state index contributed by atoms with van der Waals surface area (Å²) in [6.45, 7) is 9.00. The Kier molecular flexibility index (Phi) is 4.21. The van der Waals surface area contributed by atoms with Crippen molar-refractivity contribution in [1.29, 1.82) is 0 Å². The third-order valence-electron chi connectivity index (χ3n) is 3.31. The van der Waals surface area contributed by atoms with E-state index in [0.29, 0.717) is 0 Å². The van der Waals surface area contributed by atoms with Crippen molar-refractivity contribution in [3.8, 4) is 0 Å². The Balaban J connectivity index is 2.10. The minimum absolute atomic E-state index is 0.252. The number of unbranched alkanes of at least 4 members (excludes halogenated alkanes) is 1. The number of nitrogens with one attached hydrogen (secondary N) is 1. The molecule has 1 N–H and O–H groups in total. The molecule has 1 heterocycles. The van der Waals surface area contributed by atoms with Crippen molar-refractivity contribution in [3.05, 3.63) is 48.2 Å². The van der Waals surface area contributed by atoms with Gasteiger partial charge in [0.25, 0.3) is 0 Å². The van der Waals surface area contributed by atoms with E-state index in [4.69, 9.17) is 4.42 Å². The smallest absolute Gasteiger partial charge is 0.134 e. The normalized spacial score (nSPS) is 12.8. The van der Waals surface area contributed by atoms with Crippen molar-refractivity contribution >= 4 is 11.0 Å². The van der Waals surface area contributed by atoms with Gasteiger partial charge in [0.15, 0.2) is 0 Å². The number of fused-ring (bicyclic) bond motifs is 1. The molecule has 0 bridgehead atoms. The lowest BCUT2D eigenvalue weighted by Gasteiger charge is -2.11. The molecular formula is C16H21NO. The first-order chi connectivity index (χ1) is 8.74. The molecule has 2 heteroatoms. The summed E-state index contributed by atoms with van der Waals surface area (Å²) in [5.41, 5.74) is 2.22. The lowest BCUT2D eigenvalue weighted by atomic mass is 10.1. The number of benzene rings is 1. The summed E-state index contributed by atoms with van der Waals surface area (Å²) in [5.74, 6) is 1.05. The van der Waals surface area contributed by atoms with Gasteiger partial charge in [0.2, 0.25) is 0 Å². The molecule has 2 nitrogen and oxygen atoms in total. The molecular weight excluding hydrogens is 222 g/mol. The van der Waals surface area contributed by atoms with Gasteiger partial charge in [0.1, 0.15) is 11.3 Å². The third kappa shape index (κ3) is 2.65. The van der Waals surface area contributed by atoms with Gasteiger partial charge in [-0.25, -0.2) is 0 Å². The molecule has 0 spiro atoms. The van der Waals surface area contributed by atoms with Crippen molar-refractivity contribution in [2.24, 2.45) is 0 Å². The summed E-state index contributed by atoms with van der Waals surface area (Å²) in [6, 6.07) is 8.45. The molecule has 0 saturated heterocycles. The Morgan fingerprint density at radius 3 is 2.89 bits per heavy atom. The second kappa shape index (κ2) is 5.87. The summed E-state index contributed by atoms with van der Waals surface area (Å²) < 4.78 is 5.93. The van der Waals surface area contributed by atoms with E-state index in [0.717, 1.165) is 30.7 Å². The maximum atomic E-state index is 5.93. The highest BCUT2D eigenvalue weighted by Gasteiger charge is 2.15. The van der Waals surface area contributed by atoms with E-state index in [-0.39, 0.29) is 6.04 Å². The molecule has 18 heavy (non-hydrogen) atoms. The molecule has 1 unspecified atom stereocenters. The molecule has 2 aromatic rings. The van der Waals surface area contributed by atoms with Crippen LogP contribution >= 0.6 is 0 Å². The van der Waals surface area contributed by atoms with Gasteiger partial charge in [-0.1, -0.05) is 24.3 Å². The van der Waals surface area contributed by atoms with Crippen LogP contribution < -0.4 is 5.32 Å². The largest absolute Gasteiger partial charge is 0.459 e. The molecule has 2 rings (SSSR count). The van der Waals surface area contributed by atoms with Gasteiger partial charge in [-0.15, -0.1) is 6.58 Å². The minimum Gasteiger partial charge on any atom is -0.459 e. The summed E-state index contributed by atoms with van der Waals surface area (Å²) in [5, 5.41) is 4.71. The number of allylic oxidation sites excluding steroid dienone is 1. The molecule has 0 radical (unpaired) electrons. The Labute approximate surface area is 109 Å². The quantitative estimate of drug-likeness (QED) is 0.602. The zero-order chi connectivity index (χ0) is 13.0. The predicted octanol–water partition coefficient (Wildman–Crippen LogP) is 4.36. The third-order valence-corrected chi connectivity index (χ3v) is 3.31. The summed E-state index contributed by atoms with van der Waals surface area (Å²) >= 11 is 0. The van der Waals surface area contributed by atoms with Crippen LogP contribution in [0.2, 0.25) is 0 Å². The van der Waals surface area contributed by atoms with Crippen LogP contribution in [0, 0.1) is 6.92 Å². The van der Waals surface area contributed by atoms with E-state index in [1.165, 1.54) is 10.9 Å². The van der Waals surface area contributed by atoms with Gasteiger partial charge in [0.05, 0.1) is 6.04 Å². The van der Waals surface area contributed by atoms with Crippen molar-refractivity contribution in [2.75, 3.05) is 6.54 Å². The molecule has 1 atom stereocenters. The Morgan fingerprint density at radius 2 is 2.17 bits per heavy atom. The zero-order valence-electron chi connectivity index (χ0n) is 11.2. The van der Waals surface area contributed by atoms with Crippen LogP contribution in [-0.2, 0) is 0 Å². The summed E-state index contributed by atoms with van der Waals surface area (Å²) in [7, 11) is 0. The van der Waals surface area contributed by atoms with Gasteiger partial charge < -0.3 is 9.73 Å². The lowest BCUT2D eigenvalue weighted by molar-refractivity contribution is 0.446. The Bertz CT molecular complexity index is 527. The summed E-state index contributed by atoms with van der Waals surface area (Å²) in [4.78, 5) is 0. The van der Waals surface area contributed by atoms with E-state index >= 15 is 0 Å². The number of aryl methyl sites for hydroxylation is 1. The van der Waals surface area contributed by atoms with Crippen LogP contribution in [0.15, 0.2) is 41.3 Å².